The van der Waals surface area contributed by atoms with Crippen LogP contribution in [-0.2, 0) is 6.54 Å². The molecule has 1 heterocycles. The van der Waals surface area contributed by atoms with Crippen LogP contribution >= 0.6 is 0 Å². The van der Waals surface area contributed by atoms with E-state index in [2.05, 4.69) is 29.4 Å². The Bertz CT molecular complexity index is 299. The maximum absolute atomic E-state index is 3.95. The molecule has 0 aliphatic heterocycles. The van der Waals surface area contributed by atoms with E-state index in [0.717, 1.165) is 19.0 Å². The minimum atomic E-state index is 0.591. The van der Waals surface area contributed by atoms with Gasteiger partial charge in [-0.25, -0.2) is 0 Å². The van der Waals surface area contributed by atoms with Crippen LogP contribution in [0.4, 0.5) is 0 Å². The molecule has 0 unspecified atom stereocenters. The predicted molar refractivity (Wildman–Crippen MR) is 66.0 cm³/mol. The van der Waals surface area contributed by atoms with Gasteiger partial charge < -0.3 is 5.32 Å². The fourth-order valence-electron chi connectivity index (χ4n) is 2.84. The summed E-state index contributed by atoms with van der Waals surface area (Å²) in [6, 6.07) is 2.03. The monoisotopic (exact) mass is 221 g/mol. The van der Waals surface area contributed by atoms with Gasteiger partial charge in [0, 0.05) is 25.0 Å². The third-order valence-corrected chi connectivity index (χ3v) is 3.63. The number of hydrogen-bond donors (Lipinski definition) is 2. The summed E-state index contributed by atoms with van der Waals surface area (Å²) in [6.07, 6.45) is 7.40. The third-order valence-electron chi connectivity index (χ3n) is 3.63. The predicted octanol–water partition coefficient (Wildman–Crippen LogP) is 2.72. The van der Waals surface area contributed by atoms with Crippen molar-refractivity contribution in [3.63, 3.8) is 0 Å². The van der Waals surface area contributed by atoms with Crippen molar-refractivity contribution in [3.8, 4) is 0 Å². The molecule has 0 radical (unpaired) electrons. The molecule has 90 valence electrons. The largest absolute Gasteiger partial charge is 0.311 e. The van der Waals surface area contributed by atoms with Crippen molar-refractivity contribution in [2.45, 2.75) is 46.1 Å². The highest BCUT2D eigenvalue weighted by molar-refractivity contribution is 4.97. The van der Waals surface area contributed by atoms with Crippen molar-refractivity contribution in [2.75, 3.05) is 6.54 Å². The number of aromatic nitrogens is 2. The first-order valence-corrected chi connectivity index (χ1v) is 6.39. The van der Waals surface area contributed by atoms with Gasteiger partial charge in [0.05, 0.1) is 0 Å². The van der Waals surface area contributed by atoms with Crippen LogP contribution in [-0.4, -0.2) is 16.7 Å². The number of rotatable bonds is 6. The first-order chi connectivity index (χ1) is 7.70. The minimum Gasteiger partial charge on any atom is -0.311 e. The van der Waals surface area contributed by atoms with E-state index in [1.807, 2.05) is 12.3 Å². The van der Waals surface area contributed by atoms with Gasteiger partial charge >= 0.3 is 0 Å². The average molecular weight is 221 g/mol. The second-order valence-corrected chi connectivity index (χ2v) is 5.64. The Morgan fingerprint density at radius 2 is 2.31 bits per heavy atom. The van der Waals surface area contributed by atoms with E-state index in [4.69, 9.17) is 0 Å². The van der Waals surface area contributed by atoms with Crippen LogP contribution in [0.5, 0.6) is 0 Å². The van der Waals surface area contributed by atoms with Crippen LogP contribution in [0.2, 0.25) is 0 Å². The van der Waals surface area contributed by atoms with Crippen LogP contribution in [0.1, 0.15) is 45.2 Å². The van der Waals surface area contributed by atoms with Crippen molar-refractivity contribution < 1.29 is 0 Å². The second kappa shape index (κ2) is 5.00. The van der Waals surface area contributed by atoms with Crippen LogP contribution in [0.3, 0.4) is 0 Å². The molecule has 1 aromatic rings. The van der Waals surface area contributed by atoms with Gasteiger partial charge in [-0.1, -0.05) is 20.3 Å². The zero-order chi connectivity index (χ0) is 11.4. The normalized spacial score (nSPS) is 18.7. The lowest BCUT2D eigenvalue weighted by molar-refractivity contribution is 0.0978. The first-order valence-electron chi connectivity index (χ1n) is 6.39. The van der Waals surface area contributed by atoms with Gasteiger partial charge in [0.2, 0.25) is 0 Å². The number of hydrogen-bond acceptors (Lipinski definition) is 2. The number of aromatic amines is 1. The van der Waals surface area contributed by atoms with Crippen LogP contribution in [0, 0.1) is 11.3 Å². The maximum atomic E-state index is 3.95. The molecule has 1 saturated carbocycles. The summed E-state index contributed by atoms with van der Waals surface area (Å²) in [5.41, 5.74) is 1.77. The number of nitrogens with zero attached hydrogens (tertiary/aromatic N) is 1. The molecule has 2 N–H and O–H groups in total. The van der Waals surface area contributed by atoms with E-state index in [1.165, 1.54) is 31.4 Å². The number of H-pyrrole nitrogens is 1. The lowest BCUT2D eigenvalue weighted by Crippen LogP contribution is -2.40. The highest BCUT2D eigenvalue weighted by atomic mass is 15.1. The number of nitrogens with one attached hydrogen (secondary N) is 2. The van der Waals surface area contributed by atoms with E-state index in [9.17, 15) is 0 Å². The average Bonchev–Trinajstić information content (AvgIpc) is 2.66. The Kier molecular flexibility index (Phi) is 3.64. The molecule has 1 fully saturated rings. The smallest absolute Gasteiger partial charge is 0.0490 e. The molecule has 3 nitrogen and oxygen atoms in total. The molecule has 0 aromatic carbocycles. The Hall–Kier alpha value is -0.830. The van der Waals surface area contributed by atoms with Crippen molar-refractivity contribution in [2.24, 2.45) is 11.3 Å². The minimum absolute atomic E-state index is 0.591. The zero-order valence-corrected chi connectivity index (χ0v) is 10.4. The lowest BCUT2D eigenvalue weighted by Gasteiger charge is -2.43. The molecule has 0 amide bonds. The fraction of sp³-hybridized carbons (Fsp3) is 0.769. The van der Waals surface area contributed by atoms with E-state index < -0.39 is 0 Å². The van der Waals surface area contributed by atoms with Gasteiger partial charge in [0.1, 0.15) is 0 Å². The van der Waals surface area contributed by atoms with Gasteiger partial charge in [0.25, 0.3) is 0 Å². The summed E-state index contributed by atoms with van der Waals surface area (Å²) >= 11 is 0. The Morgan fingerprint density at radius 3 is 2.81 bits per heavy atom. The highest BCUT2D eigenvalue weighted by Crippen LogP contribution is 2.45. The molecule has 2 rings (SSSR count). The summed E-state index contributed by atoms with van der Waals surface area (Å²) in [7, 11) is 0. The summed E-state index contributed by atoms with van der Waals surface area (Å²) in [4.78, 5) is 0. The van der Waals surface area contributed by atoms with Crippen LogP contribution < -0.4 is 5.32 Å². The van der Waals surface area contributed by atoms with Crippen molar-refractivity contribution in [3.05, 3.63) is 18.0 Å². The van der Waals surface area contributed by atoms with Crippen molar-refractivity contribution in [1.82, 2.24) is 15.5 Å². The molecule has 3 heteroatoms. The molecule has 0 bridgehead atoms. The van der Waals surface area contributed by atoms with Gasteiger partial charge in [-0.05, 0) is 36.7 Å². The molecule has 1 aliphatic carbocycles. The lowest BCUT2D eigenvalue weighted by atomic mass is 9.64. The fourth-order valence-corrected chi connectivity index (χ4v) is 2.84. The van der Waals surface area contributed by atoms with Gasteiger partial charge in [-0.2, -0.15) is 5.10 Å². The van der Waals surface area contributed by atoms with Gasteiger partial charge in [-0.3, -0.25) is 5.10 Å². The first kappa shape index (κ1) is 11.6. The van der Waals surface area contributed by atoms with Crippen molar-refractivity contribution >= 4 is 0 Å². The zero-order valence-electron chi connectivity index (χ0n) is 10.4. The van der Waals surface area contributed by atoms with Crippen LogP contribution in [0.15, 0.2) is 12.3 Å². The molecule has 0 saturated heterocycles. The van der Waals surface area contributed by atoms with E-state index in [-0.39, 0.29) is 0 Å². The van der Waals surface area contributed by atoms with Gasteiger partial charge in [0.15, 0.2) is 0 Å². The standard InChI is InChI=1S/C13H23N3/c1-11(2)8-13(5-3-6-13)10-14-9-12-4-7-15-16-12/h4,7,11,14H,3,5-6,8-10H2,1-2H3,(H,15,16). The highest BCUT2D eigenvalue weighted by Gasteiger charge is 2.36. The van der Waals surface area contributed by atoms with E-state index in [0.29, 0.717) is 5.41 Å². The molecular weight excluding hydrogens is 198 g/mol. The molecule has 0 spiro atoms. The third kappa shape index (κ3) is 2.85. The molecule has 16 heavy (non-hydrogen) atoms. The summed E-state index contributed by atoms with van der Waals surface area (Å²) < 4.78 is 0. The Labute approximate surface area is 98.0 Å². The topological polar surface area (TPSA) is 40.7 Å². The van der Waals surface area contributed by atoms with Gasteiger partial charge in [-0.15, -0.1) is 0 Å². The SMILES string of the molecule is CC(C)CC1(CNCc2ccn[nH]2)CCC1. The Morgan fingerprint density at radius 1 is 1.50 bits per heavy atom. The second-order valence-electron chi connectivity index (χ2n) is 5.64. The van der Waals surface area contributed by atoms with E-state index in [1.54, 1.807) is 0 Å². The van der Waals surface area contributed by atoms with Crippen LogP contribution in [0.25, 0.3) is 0 Å². The molecule has 0 atom stereocenters. The maximum Gasteiger partial charge on any atom is 0.0490 e. The van der Waals surface area contributed by atoms with E-state index >= 15 is 0 Å². The quantitative estimate of drug-likeness (QED) is 0.775. The summed E-state index contributed by atoms with van der Waals surface area (Å²) in [5.74, 6) is 0.814. The molecule has 1 aliphatic rings. The summed E-state index contributed by atoms with van der Waals surface area (Å²) in [5, 5.41) is 10.5. The molecule has 1 aromatic heterocycles. The molecular formula is C13H23N3. The van der Waals surface area contributed by atoms with Crippen molar-refractivity contribution in [1.29, 1.82) is 0 Å². The Balaban J connectivity index is 1.75. The summed E-state index contributed by atoms with van der Waals surface area (Å²) in [6.45, 7) is 6.73.